The van der Waals surface area contributed by atoms with E-state index in [1.807, 2.05) is 26.2 Å². The number of pyridine rings is 1. The molecule has 1 rings (SSSR count). The van der Waals surface area contributed by atoms with E-state index in [2.05, 4.69) is 10.3 Å². The second-order valence-electron chi connectivity index (χ2n) is 5.49. The zero-order chi connectivity index (χ0) is 14.5. The van der Waals surface area contributed by atoms with E-state index in [0.29, 0.717) is 18.5 Å². The van der Waals surface area contributed by atoms with Crippen LogP contribution < -0.4 is 5.32 Å². The molecule has 19 heavy (non-hydrogen) atoms. The van der Waals surface area contributed by atoms with Gasteiger partial charge in [-0.2, -0.15) is 0 Å². The molecule has 0 spiro atoms. The fraction of sp³-hybridized carbons (Fsp3) is 0.571. The lowest BCUT2D eigenvalue weighted by Crippen LogP contribution is -2.35. The van der Waals surface area contributed by atoms with Crippen LogP contribution in [0.3, 0.4) is 0 Å². The standard InChI is InChI=1S/C14H22N2O2S/c1-10(17)7-14(2,3)9-16-13(18)11-5-6-12(19-4)15-8-11/h5-6,8,10,17H,7,9H2,1-4H3,(H,16,18). The van der Waals surface area contributed by atoms with E-state index in [9.17, 15) is 9.90 Å². The first-order valence-corrected chi connectivity index (χ1v) is 7.53. The summed E-state index contributed by atoms with van der Waals surface area (Å²) in [4.78, 5) is 16.1. The Balaban J connectivity index is 2.55. The van der Waals surface area contributed by atoms with Gasteiger partial charge in [0.05, 0.1) is 16.7 Å². The van der Waals surface area contributed by atoms with E-state index < -0.39 is 0 Å². The summed E-state index contributed by atoms with van der Waals surface area (Å²) >= 11 is 1.54. The largest absolute Gasteiger partial charge is 0.393 e. The molecule has 0 fully saturated rings. The SMILES string of the molecule is CSc1ccc(C(=O)NCC(C)(C)CC(C)O)cn1. The third-order valence-electron chi connectivity index (χ3n) is 2.78. The van der Waals surface area contributed by atoms with Crippen LogP contribution in [0.2, 0.25) is 0 Å². The van der Waals surface area contributed by atoms with Crippen LogP contribution in [0.4, 0.5) is 0 Å². The van der Waals surface area contributed by atoms with Crippen LogP contribution in [0.25, 0.3) is 0 Å². The molecule has 0 aliphatic rings. The van der Waals surface area contributed by atoms with Gasteiger partial charge in [-0.05, 0) is 37.1 Å². The second kappa shape index (κ2) is 6.91. The van der Waals surface area contributed by atoms with Gasteiger partial charge in [0, 0.05) is 12.7 Å². The lowest BCUT2D eigenvalue weighted by atomic mass is 9.87. The molecule has 0 saturated carbocycles. The number of carbonyl (C=O) groups is 1. The molecule has 5 heteroatoms. The number of nitrogens with one attached hydrogen (secondary N) is 1. The smallest absolute Gasteiger partial charge is 0.252 e. The van der Waals surface area contributed by atoms with Crippen molar-refractivity contribution in [1.82, 2.24) is 10.3 Å². The fourth-order valence-corrected chi connectivity index (χ4v) is 2.29. The Kier molecular flexibility index (Phi) is 5.82. The van der Waals surface area contributed by atoms with Crippen molar-refractivity contribution < 1.29 is 9.90 Å². The Hall–Kier alpha value is -1.07. The summed E-state index contributed by atoms with van der Waals surface area (Å²) in [5.41, 5.74) is 0.432. The molecule has 0 aliphatic carbocycles. The topological polar surface area (TPSA) is 62.2 Å². The van der Waals surface area contributed by atoms with E-state index in [0.717, 1.165) is 5.03 Å². The van der Waals surface area contributed by atoms with Crippen molar-refractivity contribution in [2.75, 3.05) is 12.8 Å². The highest BCUT2D eigenvalue weighted by Crippen LogP contribution is 2.21. The van der Waals surface area contributed by atoms with Crippen molar-refractivity contribution in [3.63, 3.8) is 0 Å². The van der Waals surface area contributed by atoms with Crippen LogP contribution in [0.15, 0.2) is 23.4 Å². The molecular formula is C14H22N2O2S. The van der Waals surface area contributed by atoms with Gasteiger partial charge in [0.2, 0.25) is 0 Å². The predicted octanol–water partition coefficient (Wildman–Crippen LogP) is 2.33. The summed E-state index contributed by atoms with van der Waals surface area (Å²) in [7, 11) is 0. The van der Waals surface area contributed by atoms with Gasteiger partial charge in [0.15, 0.2) is 0 Å². The number of carbonyl (C=O) groups excluding carboxylic acids is 1. The molecule has 0 aliphatic heterocycles. The van der Waals surface area contributed by atoms with Crippen molar-refractivity contribution in [3.8, 4) is 0 Å². The van der Waals surface area contributed by atoms with Gasteiger partial charge in [-0.3, -0.25) is 4.79 Å². The first-order chi connectivity index (χ1) is 8.84. The average Bonchev–Trinajstić information content (AvgIpc) is 2.34. The first-order valence-electron chi connectivity index (χ1n) is 6.30. The quantitative estimate of drug-likeness (QED) is 0.786. The van der Waals surface area contributed by atoms with Crippen LogP contribution in [-0.2, 0) is 0 Å². The van der Waals surface area contributed by atoms with E-state index in [1.165, 1.54) is 0 Å². The van der Waals surface area contributed by atoms with Gasteiger partial charge < -0.3 is 10.4 Å². The van der Waals surface area contributed by atoms with Crippen molar-refractivity contribution in [1.29, 1.82) is 0 Å². The number of aliphatic hydroxyl groups is 1. The Morgan fingerprint density at radius 2 is 2.21 bits per heavy atom. The van der Waals surface area contributed by atoms with E-state index >= 15 is 0 Å². The average molecular weight is 282 g/mol. The minimum Gasteiger partial charge on any atom is -0.393 e. The highest BCUT2D eigenvalue weighted by atomic mass is 32.2. The van der Waals surface area contributed by atoms with Gasteiger partial charge in [-0.15, -0.1) is 11.8 Å². The molecule has 1 amide bonds. The molecule has 106 valence electrons. The number of thioether (sulfide) groups is 1. The molecule has 1 heterocycles. The van der Waals surface area contributed by atoms with E-state index in [4.69, 9.17) is 0 Å². The van der Waals surface area contributed by atoms with E-state index in [-0.39, 0.29) is 17.4 Å². The van der Waals surface area contributed by atoms with Crippen LogP contribution in [-0.4, -0.2) is 34.9 Å². The maximum Gasteiger partial charge on any atom is 0.252 e. The van der Waals surface area contributed by atoms with Gasteiger partial charge in [-0.25, -0.2) is 4.98 Å². The van der Waals surface area contributed by atoms with Crippen molar-refractivity contribution in [2.45, 2.75) is 38.3 Å². The molecular weight excluding hydrogens is 260 g/mol. The number of nitrogens with zero attached hydrogens (tertiary/aromatic N) is 1. The van der Waals surface area contributed by atoms with Crippen LogP contribution >= 0.6 is 11.8 Å². The number of hydrogen-bond acceptors (Lipinski definition) is 4. The Morgan fingerprint density at radius 3 is 2.68 bits per heavy atom. The molecule has 4 nitrogen and oxygen atoms in total. The Bertz CT molecular complexity index is 416. The maximum atomic E-state index is 12.0. The summed E-state index contributed by atoms with van der Waals surface area (Å²) in [5.74, 6) is -0.126. The Morgan fingerprint density at radius 1 is 1.53 bits per heavy atom. The lowest BCUT2D eigenvalue weighted by molar-refractivity contribution is 0.0901. The molecule has 2 N–H and O–H groups in total. The zero-order valence-electron chi connectivity index (χ0n) is 11.9. The summed E-state index contributed by atoms with van der Waals surface area (Å²) in [5, 5.41) is 13.2. The minimum atomic E-state index is -0.366. The summed E-state index contributed by atoms with van der Waals surface area (Å²) in [6, 6.07) is 3.61. The summed E-state index contributed by atoms with van der Waals surface area (Å²) in [6.07, 6.45) is 3.81. The van der Waals surface area contributed by atoms with Gasteiger partial charge in [0.25, 0.3) is 5.91 Å². The zero-order valence-corrected chi connectivity index (χ0v) is 12.8. The van der Waals surface area contributed by atoms with Gasteiger partial charge >= 0.3 is 0 Å². The number of rotatable bonds is 6. The number of hydrogen-bond donors (Lipinski definition) is 2. The second-order valence-corrected chi connectivity index (χ2v) is 6.32. The molecule has 0 aromatic carbocycles. The molecule has 1 unspecified atom stereocenters. The number of amides is 1. The maximum absolute atomic E-state index is 12.0. The number of aliphatic hydroxyl groups excluding tert-OH is 1. The predicted molar refractivity (Wildman–Crippen MR) is 78.4 cm³/mol. The summed E-state index contributed by atoms with van der Waals surface area (Å²) in [6.45, 7) is 6.33. The van der Waals surface area contributed by atoms with Crippen molar-refractivity contribution >= 4 is 17.7 Å². The van der Waals surface area contributed by atoms with Crippen molar-refractivity contribution in [2.24, 2.45) is 5.41 Å². The van der Waals surface area contributed by atoms with Crippen molar-refractivity contribution in [3.05, 3.63) is 23.9 Å². The normalized spacial score (nSPS) is 13.1. The molecule has 0 bridgehead atoms. The molecule has 0 saturated heterocycles. The first kappa shape index (κ1) is 16.0. The molecule has 0 radical (unpaired) electrons. The third-order valence-corrected chi connectivity index (χ3v) is 3.44. The van der Waals surface area contributed by atoms with Crippen LogP contribution in [0, 0.1) is 5.41 Å². The molecule has 1 atom stereocenters. The highest BCUT2D eigenvalue weighted by molar-refractivity contribution is 7.98. The van der Waals surface area contributed by atoms with Gasteiger partial charge in [0.1, 0.15) is 0 Å². The fourth-order valence-electron chi connectivity index (χ4n) is 1.93. The van der Waals surface area contributed by atoms with Gasteiger partial charge in [-0.1, -0.05) is 13.8 Å². The monoisotopic (exact) mass is 282 g/mol. The molecule has 1 aromatic rings. The Labute approximate surface area is 119 Å². The highest BCUT2D eigenvalue weighted by Gasteiger charge is 2.21. The van der Waals surface area contributed by atoms with Crippen LogP contribution in [0.1, 0.15) is 37.6 Å². The third kappa shape index (κ3) is 5.61. The molecule has 1 aromatic heterocycles. The minimum absolute atomic E-state index is 0.126. The number of aromatic nitrogens is 1. The lowest BCUT2D eigenvalue weighted by Gasteiger charge is -2.26. The summed E-state index contributed by atoms with van der Waals surface area (Å²) < 4.78 is 0. The van der Waals surface area contributed by atoms with E-state index in [1.54, 1.807) is 30.9 Å². The van der Waals surface area contributed by atoms with Crippen LogP contribution in [0.5, 0.6) is 0 Å².